The highest BCUT2D eigenvalue weighted by Gasteiger charge is 2.51. The quantitative estimate of drug-likeness (QED) is 0.796. The maximum atomic E-state index is 12.2. The summed E-state index contributed by atoms with van der Waals surface area (Å²) in [6, 6.07) is 14.8. The molecule has 2 amide bonds. The van der Waals surface area contributed by atoms with Gasteiger partial charge in [-0.3, -0.25) is 10.6 Å². The van der Waals surface area contributed by atoms with E-state index >= 15 is 0 Å². The van der Waals surface area contributed by atoms with Gasteiger partial charge in [0, 0.05) is 11.4 Å². The zero-order valence-corrected chi connectivity index (χ0v) is 16.8. The van der Waals surface area contributed by atoms with Gasteiger partial charge in [-0.15, -0.1) is 0 Å². The zero-order valence-electron chi connectivity index (χ0n) is 16.8. The third kappa shape index (κ3) is 4.72. The Morgan fingerprint density at radius 2 is 1.10 bits per heavy atom. The largest absolute Gasteiger partial charge is 0.441 e. The van der Waals surface area contributed by atoms with Gasteiger partial charge in [-0.25, -0.2) is 9.59 Å². The Morgan fingerprint density at radius 1 is 0.733 bits per heavy atom. The molecule has 0 aromatic heterocycles. The lowest BCUT2D eigenvalue weighted by atomic mass is 10.1. The molecule has 0 bridgehead atoms. The van der Waals surface area contributed by atoms with Crippen LogP contribution in [0.15, 0.2) is 48.5 Å². The van der Waals surface area contributed by atoms with Crippen LogP contribution in [0.1, 0.15) is 11.1 Å². The number of ether oxygens (including phenoxy) is 4. The number of rotatable bonds is 4. The molecular formula is C22H24N2O6. The van der Waals surface area contributed by atoms with Crippen LogP contribution in [0.3, 0.4) is 0 Å². The highest BCUT2D eigenvalue weighted by atomic mass is 16.7. The molecule has 2 aliphatic rings. The number of aryl methyl sites for hydroxylation is 2. The molecule has 8 nitrogen and oxygen atoms in total. The molecule has 158 valence electrons. The van der Waals surface area contributed by atoms with E-state index < -0.39 is 36.6 Å². The van der Waals surface area contributed by atoms with Crippen molar-refractivity contribution in [2.75, 3.05) is 23.8 Å². The van der Waals surface area contributed by atoms with Crippen LogP contribution in [0.2, 0.25) is 0 Å². The third-order valence-electron chi connectivity index (χ3n) is 5.08. The molecule has 0 spiro atoms. The third-order valence-corrected chi connectivity index (χ3v) is 5.08. The Bertz CT molecular complexity index is 823. The van der Waals surface area contributed by atoms with E-state index in [9.17, 15) is 9.59 Å². The van der Waals surface area contributed by atoms with Crippen molar-refractivity contribution >= 4 is 23.6 Å². The molecule has 8 heteroatoms. The summed E-state index contributed by atoms with van der Waals surface area (Å²) in [6.07, 6.45) is -3.28. The molecule has 2 fully saturated rings. The first kappa shape index (κ1) is 20.2. The highest BCUT2D eigenvalue weighted by molar-refractivity contribution is 5.85. The smallest absolute Gasteiger partial charge is 0.412 e. The first-order valence-corrected chi connectivity index (χ1v) is 9.80. The van der Waals surface area contributed by atoms with E-state index in [1.807, 2.05) is 38.1 Å². The molecule has 2 aliphatic heterocycles. The Balaban J connectivity index is 1.27. The van der Waals surface area contributed by atoms with Gasteiger partial charge < -0.3 is 18.9 Å². The van der Waals surface area contributed by atoms with E-state index in [0.29, 0.717) is 11.4 Å². The predicted octanol–water partition coefficient (Wildman–Crippen LogP) is 3.64. The fourth-order valence-corrected chi connectivity index (χ4v) is 3.47. The van der Waals surface area contributed by atoms with Crippen molar-refractivity contribution in [2.24, 2.45) is 0 Å². The van der Waals surface area contributed by atoms with Gasteiger partial charge in [-0.05, 0) is 38.1 Å². The molecule has 2 N–H and O–H groups in total. The second kappa shape index (κ2) is 8.73. The number of hydrogen-bond donors (Lipinski definition) is 2. The summed E-state index contributed by atoms with van der Waals surface area (Å²) in [4.78, 5) is 24.4. The average molecular weight is 412 g/mol. The minimum Gasteiger partial charge on any atom is -0.441 e. The molecule has 2 aromatic carbocycles. The summed E-state index contributed by atoms with van der Waals surface area (Å²) in [7, 11) is 0. The number of nitrogens with one attached hydrogen (secondary N) is 2. The molecule has 2 aromatic rings. The number of hydrogen-bond acceptors (Lipinski definition) is 6. The summed E-state index contributed by atoms with van der Waals surface area (Å²) in [5.74, 6) is 0. The van der Waals surface area contributed by atoms with Crippen molar-refractivity contribution < 1.29 is 28.5 Å². The van der Waals surface area contributed by atoms with Gasteiger partial charge in [0.1, 0.15) is 12.2 Å². The highest BCUT2D eigenvalue weighted by Crippen LogP contribution is 2.31. The van der Waals surface area contributed by atoms with E-state index in [1.54, 1.807) is 24.3 Å². The first-order chi connectivity index (χ1) is 14.5. The number of amides is 2. The number of carbonyl (C=O) groups excluding carboxylic acids is 2. The van der Waals surface area contributed by atoms with Crippen molar-refractivity contribution in [3.05, 3.63) is 59.7 Å². The summed E-state index contributed by atoms with van der Waals surface area (Å²) in [6.45, 7) is 4.29. The lowest BCUT2D eigenvalue weighted by Gasteiger charge is -2.17. The van der Waals surface area contributed by atoms with Crippen molar-refractivity contribution in [3.63, 3.8) is 0 Å². The lowest BCUT2D eigenvalue weighted by Crippen LogP contribution is -2.37. The van der Waals surface area contributed by atoms with Gasteiger partial charge >= 0.3 is 12.2 Å². The van der Waals surface area contributed by atoms with Crippen molar-refractivity contribution in [1.82, 2.24) is 0 Å². The maximum Gasteiger partial charge on any atom is 0.412 e. The fraction of sp³-hybridized carbons (Fsp3) is 0.364. The molecule has 0 aliphatic carbocycles. The summed E-state index contributed by atoms with van der Waals surface area (Å²) >= 11 is 0. The molecule has 0 radical (unpaired) electrons. The van der Waals surface area contributed by atoms with Gasteiger partial charge in [0.05, 0.1) is 13.2 Å². The van der Waals surface area contributed by atoms with Crippen LogP contribution in [-0.4, -0.2) is 49.8 Å². The minimum atomic E-state index is -0.585. The molecule has 0 unspecified atom stereocenters. The van der Waals surface area contributed by atoms with Crippen molar-refractivity contribution in [1.29, 1.82) is 0 Å². The van der Waals surface area contributed by atoms with Crippen LogP contribution in [0.4, 0.5) is 21.0 Å². The molecule has 2 heterocycles. The Kier molecular flexibility index (Phi) is 5.87. The van der Waals surface area contributed by atoms with Gasteiger partial charge in [0.2, 0.25) is 0 Å². The van der Waals surface area contributed by atoms with Crippen LogP contribution < -0.4 is 10.6 Å². The van der Waals surface area contributed by atoms with Crippen LogP contribution >= 0.6 is 0 Å². The number of benzene rings is 2. The molecule has 4 atom stereocenters. The number of fused-ring (bicyclic) bond motifs is 1. The molecule has 30 heavy (non-hydrogen) atoms. The summed E-state index contributed by atoms with van der Waals surface area (Å²) < 4.78 is 22.3. The van der Waals surface area contributed by atoms with Gasteiger partial charge in [0.25, 0.3) is 0 Å². The van der Waals surface area contributed by atoms with Gasteiger partial charge in [-0.2, -0.15) is 0 Å². The lowest BCUT2D eigenvalue weighted by molar-refractivity contribution is -0.00697. The molecule has 0 saturated carbocycles. The van der Waals surface area contributed by atoms with E-state index in [2.05, 4.69) is 10.6 Å². The Hall–Kier alpha value is -3.10. The first-order valence-electron chi connectivity index (χ1n) is 9.80. The van der Waals surface area contributed by atoms with Crippen LogP contribution in [0.5, 0.6) is 0 Å². The standard InChI is InChI=1S/C22H24N2O6/c1-13-3-7-15(8-4-13)23-21(25)29-17-11-27-20-18(12-28-19(17)20)30-22(26)24-16-9-5-14(2)6-10-16/h3-10,17-20H,11-12H2,1-2H3,(H,23,25)(H,24,26)/t17-,18+,19-,20-/m1/s1. The minimum absolute atomic E-state index is 0.177. The second-order valence-electron chi connectivity index (χ2n) is 7.47. The van der Waals surface area contributed by atoms with Gasteiger partial charge in [0.15, 0.2) is 12.2 Å². The summed E-state index contributed by atoms with van der Waals surface area (Å²) in [5, 5.41) is 5.37. The van der Waals surface area contributed by atoms with Crippen LogP contribution in [0, 0.1) is 13.8 Å². The van der Waals surface area contributed by atoms with E-state index in [1.165, 1.54) is 0 Å². The zero-order chi connectivity index (χ0) is 21.1. The SMILES string of the molecule is Cc1ccc(NC(=O)O[C@H]2CO[C@H]3[C@@H]2OC[C@H]3OC(=O)Nc2ccc(C)cc2)cc1. The van der Waals surface area contributed by atoms with Crippen LogP contribution in [-0.2, 0) is 18.9 Å². The van der Waals surface area contributed by atoms with E-state index in [4.69, 9.17) is 18.9 Å². The Labute approximate surface area is 174 Å². The Morgan fingerprint density at radius 3 is 1.47 bits per heavy atom. The average Bonchev–Trinajstić information content (AvgIpc) is 3.29. The second-order valence-corrected chi connectivity index (χ2v) is 7.47. The number of anilines is 2. The van der Waals surface area contributed by atoms with E-state index in [0.717, 1.165) is 11.1 Å². The number of carbonyl (C=O) groups is 2. The predicted molar refractivity (Wildman–Crippen MR) is 110 cm³/mol. The normalized spacial score (nSPS) is 24.7. The van der Waals surface area contributed by atoms with E-state index in [-0.39, 0.29) is 13.2 Å². The maximum absolute atomic E-state index is 12.2. The monoisotopic (exact) mass is 412 g/mol. The van der Waals surface area contributed by atoms with Crippen molar-refractivity contribution in [3.8, 4) is 0 Å². The summed E-state index contributed by atoms with van der Waals surface area (Å²) in [5.41, 5.74) is 3.47. The molecular weight excluding hydrogens is 388 g/mol. The van der Waals surface area contributed by atoms with Crippen molar-refractivity contribution in [2.45, 2.75) is 38.3 Å². The molecule has 4 rings (SSSR count). The van der Waals surface area contributed by atoms with Gasteiger partial charge in [-0.1, -0.05) is 35.4 Å². The topological polar surface area (TPSA) is 95.1 Å². The van der Waals surface area contributed by atoms with Crippen LogP contribution in [0.25, 0.3) is 0 Å². The molecule has 2 saturated heterocycles. The fourth-order valence-electron chi connectivity index (χ4n) is 3.47.